The number of phenolic OH excluding ortho intramolecular Hbond substituents is 5. The molecule has 0 unspecified atom stereocenters. The highest BCUT2D eigenvalue weighted by molar-refractivity contribution is 5.88. The van der Waals surface area contributed by atoms with Crippen LogP contribution in [0.5, 0.6) is 34.5 Å². The summed E-state index contributed by atoms with van der Waals surface area (Å²) in [5, 5.41) is 125. The Balaban J connectivity index is 1.30. The number of methoxy groups -OCH3 is 1. The predicted octanol–water partition coefficient (Wildman–Crippen LogP) is -1.60. The van der Waals surface area contributed by atoms with Gasteiger partial charge in [-0.05, 0) is 71.7 Å². The fourth-order valence-corrected chi connectivity index (χ4v) is 7.15. The number of benzene rings is 3. The van der Waals surface area contributed by atoms with Gasteiger partial charge in [-0.25, -0.2) is 9.59 Å². The maximum absolute atomic E-state index is 13.5. The zero-order valence-electron chi connectivity index (χ0n) is 35.5. The molecule has 0 saturated carbocycles. The predicted molar refractivity (Wildman–Crippen MR) is 223 cm³/mol. The summed E-state index contributed by atoms with van der Waals surface area (Å²) in [5.74, 6) is -3.84. The number of carbonyl (C=O) groups excluding carboxylic acids is 2. The number of rotatable bonds is 17. The van der Waals surface area contributed by atoms with Crippen LogP contribution in [0.15, 0.2) is 66.7 Å². The van der Waals surface area contributed by atoms with Crippen LogP contribution in [0.1, 0.15) is 16.7 Å². The standard InChI is InChI=1S/C44H52O23/c1-59-29-16-21(4-9-25(29)48)5-10-32(52)61-19-31-35(55)36(56)38(58)43(64-31)66-40-39(65-33(53)11-6-20-2-7-23(46)26(49)14-20)30(17-45)63-44(60-13-12-22-3-8-24(47)27(50)15-22)41(40)67-42-37(57)34(54)28(51)18-62-42/h2-11,14-16,28,30-31,34-51,54-58H,12-13,17-19H2,1H3/b10-5+,11-6+/t28-,30-,31-,34-,35-,36+,37+,38-,39-,40+,41-,42-,43+,44-/m1/s1. The van der Waals surface area contributed by atoms with Gasteiger partial charge in [-0.3, -0.25) is 0 Å². The van der Waals surface area contributed by atoms with E-state index < -0.39 is 135 Å². The van der Waals surface area contributed by atoms with Gasteiger partial charge >= 0.3 is 11.9 Å². The minimum atomic E-state index is -2.10. The quantitative estimate of drug-likeness (QED) is 0.0412. The molecule has 0 bridgehead atoms. The summed E-state index contributed by atoms with van der Waals surface area (Å²) >= 11 is 0. The molecule has 3 saturated heterocycles. The van der Waals surface area contributed by atoms with E-state index in [0.29, 0.717) is 11.1 Å². The highest BCUT2D eigenvalue weighted by atomic mass is 16.8. The van der Waals surface area contributed by atoms with E-state index in [1.807, 2.05) is 0 Å². The lowest BCUT2D eigenvalue weighted by molar-refractivity contribution is -0.386. The molecule has 0 radical (unpaired) electrons. The van der Waals surface area contributed by atoms with Crippen molar-refractivity contribution >= 4 is 24.1 Å². The molecule has 23 heteroatoms. The summed E-state index contributed by atoms with van der Waals surface area (Å²) in [7, 11) is 1.34. The SMILES string of the molecule is COc1cc(/C=C/C(=O)OC[C@H]2O[C@@H](O[C@@H]3[C@@H](O[C@H]4OC[C@@H](O)[C@@H](O)[C@@H]4O)[C@H](OCCc4ccc(O)c(O)c4)O[C@H](CO)[C@H]3OC(=O)/C=C/c3ccc(O)c(O)c3)[C@H](O)[C@@H](O)[C@@H]2O)ccc1O. The summed E-state index contributed by atoms with van der Waals surface area (Å²) in [5.41, 5.74) is 1.13. The van der Waals surface area contributed by atoms with Crippen molar-refractivity contribution in [1.29, 1.82) is 0 Å². The maximum Gasteiger partial charge on any atom is 0.331 e. The average Bonchev–Trinajstić information content (AvgIpc) is 3.31. The highest BCUT2D eigenvalue weighted by Crippen LogP contribution is 2.36. The van der Waals surface area contributed by atoms with Crippen LogP contribution < -0.4 is 4.74 Å². The first kappa shape index (κ1) is 50.8. The van der Waals surface area contributed by atoms with Crippen LogP contribution >= 0.6 is 0 Å². The Hall–Kier alpha value is -5.64. The zero-order valence-corrected chi connectivity index (χ0v) is 35.5. The molecule has 23 nitrogen and oxygen atoms in total. The van der Waals surface area contributed by atoms with Crippen molar-refractivity contribution in [3.63, 3.8) is 0 Å². The number of esters is 2. The molecule has 3 heterocycles. The second kappa shape index (κ2) is 22.9. The number of aliphatic hydroxyl groups excluding tert-OH is 7. The minimum Gasteiger partial charge on any atom is -0.504 e. The van der Waals surface area contributed by atoms with Gasteiger partial charge in [0.2, 0.25) is 0 Å². The summed E-state index contributed by atoms with van der Waals surface area (Å²) in [4.78, 5) is 26.3. The Morgan fingerprint density at radius 3 is 1.93 bits per heavy atom. The van der Waals surface area contributed by atoms with Crippen molar-refractivity contribution in [3.8, 4) is 34.5 Å². The van der Waals surface area contributed by atoms with Gasteiger partial charge in [0, 0.05) is 12.2 Å². The van der Waals surface area contributed by atoms with E-state index >= 15 is 0 Å². The van der Waals surface area contributed by atoms with Gasteiger partial charge in [-0.2, -0.15) is 0 Å². The largest absolute Gasteiger partial charge is 0.504 e. The molecule has 0 amide bonds. The topological polar surface area (TPSA) is 360 Å². The Kier molecular flexibility index (Phi) is 17.4. The van der Waals surface area contributed by atoms with Gasteiger partial charge in [-0.1, -0.05) is 18.2 Å². The lowest BCUT2D eigenvalue weighted by Crippen LogP contribution is -2.67. The Morgan fingerprint density at radius 1 is 0.642 bits per heavy atom. The minimum absolute atomic E-state index is 0.0481. The van der Waals surface area contributed by atoms with E-state index in [0.717, 1.165) is 24.3 Å². The van der Waals surface area contributed by atoms with Gasteiger partial charge in [0.25, 0.3) is 0 Å². The normalized spacial score (nSPS) is 31.2. The lowest BCUT2D eigenvalue weighted by atomic mass is 9.96. The third-order valence-corrected chi connectivity index (χ3v) is 10.9. The summed E-state index contributed by atoms with van der Waals surface area (Å²) in [6, 6.07) is 11.9. The van der Waals surface area contributed by atoms with Gasteiger partial charge in [0.1, 0.15) is 67.6 Å². The van der Waals surface area contributed by atoms with E-state index in [2.05, 4.69) is 0 Å². The van der Waals surface area contributed by atoms with Crippen LogP contribution in [0.2, 0.25) is 0 Å². The monoisotopic (exact) mass is 948 g/mol. The van der Waals surface area contributed by atoms with Gasteiger partial charge in [0.05, 0.1) is 26.9 Å². The molecule has 3 aromatic carbocycles. The van der Waals surface area contributed by atoms with Gasteiger partial charge in [0.15, 0.2) is 59.5 Å². The van der Waals surface area contributed by atoms with Crippen LogP contribution in [0, 0.1) is 0 Å². The second-order valence-corrected chi connectivity index (χ2v) is 15.5. The number of ether oxygens (including phenoxy) is 9. The van der Waals surface area contributed by atoms with Crippen LogP contribution in [-0.2, 0) is 53.9 Å². The molecule has 3 aromatic rings. The molecular formula is C44H52O23. The van der Waals surface area contributed by atoms with E-state index in [4.69, 9.17) is 42.6 Å². The third kappa shape index (κ3) is 12.7. The first-order chi connectivity index (χ1) is 32.0. The molecule has 3 fully saturated rings. The number of phenols is 5. The Morgan fingerprint density at radius 2 is 1.25 bits per heavy atom. The summed E-state index contributed by atoms with van der Waals surface area (Å²) in [6.07, 6.45) is -21.0. The zero-order chi connectivity index (χ0) is 48.5. The molecule has 3 aliphatic rings. The first-order valence-electron chi connectivity index (χ1n) is 20.7. The fourth-order valence-electron chi connectivity index (χ4n) is 7.15. The number of aromatic hydroxyl groups is 5. The number of hydrogen-bond donors (Lipinski definition) is 12. The Bertz CT molecular complexity index is 2200. The molecule has 6 rings (SSSR count). The molecule has 366 valence electrons. The van der Waals surface area contributed by atoms with E-state index in [1.165, 1.54) is 61.7 Å². The number of aliphatic hydroxyl groups is 7. The highest BCUT2D eigenvalue weighted by Gasteiger charge is 2.55. The van der Waals surface area contributed by atoms with E-state index in [-0.39, 0.29) is 35.8 Å². The third-order valence-electron chi connectivity index (χ3n) is 10.9. The van der Waals surface area contributed by atoms with Crippen LogP contribution in [0.3, 0.4) is 0 Å². The molecule has 0 aromatic heterocycles. The average molecular weight is 949 g/mol. The molecule has 0 spiro atoms. The molecular weight excluding hydrogens is 896 g/mol. The fraction of sp³-hybridized carbons (Fsp3) is 0.455. The maximum atomic E-state index is 13.5. The van der Waals surface area contributed by atoms with Crippen LogP contribution in [0.25, 0.3) is 12.2 Å². The van der Waals surface area contributed by atoms with Gasteiger partial charge < -0.3 is 104 Å². The smallest absolute Gasteiger partial charge is 0.331 e. The van der Waals surface area contributed by atoms with Crippen LogP contribution in [0.4, 0.5) is 0 Å². The van der Waals surface area contributed by atoms with Crippen molar-refractivity contribution in [2.24, 2.45) is 0 Å². The van der Waals surface area contributed by atoms with Crippen molar-refractivity contribution in [2.45, 2.75) is 92.4 Å². The molecule has 67 heavy (non-hydrogen) atoms. The lowest BCUT2D eigenvalue weighted by Gasteiger charge is -2.49. The number of hydrogen-bond acceptors (Lipinski definition) is 23. The molecule has 12 N–H and O–H groups in total. The van der Waals surface area contributed by atoms with E-state index in [9.17, 15) is 70.9 Å². The summed E-state index contributed by atoms with van der Waals surface area (Å²) in [6.45, 7) is -2.47. The van der Waals surface area contributed by atoms with Gasteiger partial charge in [-0.15, -0.1) is 0 Å². The van der Waals surface area contributed by atoms with Crippen molar-refractivity contribution in [3.05, 3.63) is 83.4 Å². The Labute approximate surface area is 381 Å². The van der Waals surface area contributed by atoms with Crippen molar-refractivity contribution in [1.82, 2.24) is 0 Å². The first-order valence-corrected chi connectivity index (χ1v) is 20.7. The van der Waals surface area contributed by atoms with Crippen molar-refractivity contribution < 1.29 is 113 Å². The van der Waals surface area contributed by atoms with E-state index in [1.54, 1.807) is 0 Å². The van der Waals surface area contributed by atoms with Crippen molar-refractivity contribution in [2.75, 3.05) is 33.5 Å². The number of carbonyl (C=O) groups is 2. The second-order valence-electron chi connectivity index (χ2n) is 15.5. The van der Waals surface area contributed by atoms with Crippen LogP contribution in [-0.4, -0.2) is 193 Å². The molecule has 14 atom stereocenters. The molecule has 0 aliphatic carbocycles. The molecule has 3 aliphatic heterocycles. The summed E-state index contributed by atoms with van der Waals surface area (Å²) < 4.78 is 51.9.